The quantitative estimate of drug-likeness (QED) is 0.913. The molecule has 5 heteroatoms. The summed E-state index contributed by atoms with van der Waals surface area (Å²) in [4.78, 5) is 27.2. The third-order valence-corrected chi connectivity index (χ3v) is 4.04. The molecule has 1 heterocycles. The first kappa shape index (κ1) is 16.5. The molecule has 22 heavy (non-hydrogen) atoms. The number of rotatable bonds is 3. The Kier molecular flexibility index (Phi) is 4.86. The van der Waals surface area contributed by atoms with Gasteiger partial charge in [-0.15, -0.1) is 0 Å². The number of hydrogen-bond donors (Lipinski definition) is 1. The molecule has 1 aliphatic rings. The lowest BCUT2D eigenvalue weighted by atomic mass is 9.86. The summed E-state index contributed by atoms with van der Waals surface area (Å²) in [7, 11) is 0. The summed E-state index contributed by atoms with van der Waals surface area (Å²) in [6, 6.07) is 7.85. The first-order valence-corrected chi connectivity index (χ1v) is 7.68. The van der Waals surface area contributed by atoms with Crippen LogP contribution in [0.2, 0.25) is 0 Å². The number of piperazine rings is 1. The molecule has 0 aromatic heterocycles. The number of nitrogens with two attached hydrogens (primary N) is 1. The Bertz CT molecular complexity index is 538. The Labute approximate surface area is 132 Å². The van der Waals surface area contributed by atoms with E-state index < -0.39 is 0 Å². The Hall–Kier alpha value is -1.88. The summed E-state index contributed by atoms with van der Waals surface area (Å²) in [5.74, 6) is -0.267. The van der Waals surface area contributed by atoms with Crippen LogP contribution >= 0.6 is 0 Å². The Morgan fingerprint density at radius 2 is 1.59 bits per heavy atom. The molecule has 0 radical (unpaired) electrons. The van der Waals surface area contributed by atoms with E-state index in [2.05, 4.69) is 20.8 Å². The highest BCUT2D eigenvalue weighted by Crippen LogP contribution is 2.22. The summed E-state index contributed by atoms with van der Waals surface area (Å²) in [5.41, 5.74) is 7.22. The van der Waals surface area contributed by atoms with Crippen molar-refractivity contribution in [3.63, 3.8) is 0 Å². The van der Waals surface area contributed by atoms with Gasteiger partial charge in [0.05, 0.1) is 6.54 Å². The van der Waals surface area contributed by atoms with Crippen LogP contribution in [0.4, 0.5) is 0 Å². The van der Waals surface area contributed by atoms with Crippen molar-refractivity contribution in [2.24, 2.45) is 5.73 Å². The van der Waals surface area contributed by atoms with Crippen molar-refractivity contribution in [1.29, 1.82) is 0 Å². The lowest BCUT2D eigenvalue weighted by molar-refractivity contribution is -0.119. The second-order valence-corrected chi connectivity index (χ2v) is 6.86. The summed E-state index contributed by atoms with van der Waals surface area (Å²) in [6.07, 6.45) is 0. The molecule has 1 aromatic rings. The number of carbonyl (C=O) groups excluding carboxylic acids is 2. The second-order valence-electron chi connectivity index (χ2n) is 6.86. The molecule has 120 valence electrons. The van der Waals surface area contributed by atoms with Crippen LogP contribution in [0.3, 0.4) is 0 Å². The normalized spacial score (nSPS) is 16.6. The van der Waals surface area contributed by atoms with E-state index in [1.165, 1.54) is 5.56 Å². The minimum Gasteiger partial charge on any atom is -0.369 e. The van der Waals surface area contributed by atoms with Crippen LogP contribution < -0.4 is 5.73 Å². The smallest absolute Gasteiger partial charge is 0.253 e. The zero-order valence-corrected chi connectivity index (χ0v) is 13.6. The third-order valence-electron chi connectivity index (χ3n) is 4.04. The molecule has 2 N–H and O–H groups in total. The lowest BCUT2D eigenvalue weighted by Crippen LogP contribution is -2.50. The third kappa shape index (κ3) is 4.07. The minimum atomic E-state index is -0.322. The van der Waals surface area contributed by atoms with Gasteiger partial charge in [-0.2, -0.15) is 0 Å². The van der Waals surface area contributed by atoms with E-state index in [1.54, 1.807) is 0 Å². The number of primary amides is 1. The predicted molar refractivity (Wildman–Crippen MR) is 86.7 cm³/mol. The van der Waals surface area contributed by atoms with Gasteiger partial charge in [0.1, 0.15) is 0 Å². The van der Waals surface area contributed by atoms with Crippen molar-refractivity contribution in [1.82, 2.24) is 9.80 Å². The van der Waals surface area contributed by atoms with Gasteiger partial charge in [0, 0.05) is 31.7 Å². The topological polar surface area (TPSA) is 66.6 Å². The molecule has 2 rings (SSSR count). The molecule has 1 fully saturated rings. The average molecular weight is 303 g/mol. The van der Waals surface area contributed by atoms with E-state index in [9.17, 15) is 9.59 Å². The highest BCUT2D eigenvalue weighted by molar-refractivity contribution is 5.94. The van der Waals surface area contributed by atoms with Crippen LogP contribution in [-0.2, 0) is 10.2 Å². The standard InChI is InChI=1S/C17H25N3O2/c1-17(2,3)14-6-4-13(5-7-14)16(22)20-10-8-19(9-11-20)12-15(18)21/h4-7H,8-12H2,1-3H3,(H2,18,21). The molecule has 0 saturated carbocycles. The van der Waals surface area contributed by atoms with Crippen LogP contribution in [-0.4, -0.2) is 54.3 Å². The second kappa shape index (κ2) is 6.48. The molecule has 0 atom stereocenters. The largest absolute Gasteiger partial charge is 0.369 e. The molecule has 0 spiro atoms. The van der Waals surface area contributed by atoms with Gasteiger partial charge < -0.3 is 10.6 Å². The highest BCUT2D eigenvalue weighted by Gasteiger charge is 2.23. The van der Waals surface area contributed by atoms with E-state index in [-0.39, 0.29) is 23.8 Å². The lowest BCUT2D eigenvalue weighted by Gasteiger charge is -2.34. The van der Waals surface area contributed by atoms with Crippen molar-refractivity contribution in [3.8, 4) is 0 Å². The van der Waals surface area contributed by atoms with Crippen LogP contribution in [0.1, 0.15) is 36.7 Å². The van der Waals surface area contributed by atoms with E-state index in [4.69, 9.17) is 5.73 Å². The summed E-state index contributed by atoms with van der Waals surface area (Å²) in [6.45, 7) is 9.37. The van der Waals surface area contributed by atoms with Gasteiger partial charge in [-0.3, -0.25) is 14.5 Å². The van der Waals surface area contributed by atoms with Crippen molar-refractivity contribution in [2.45, 2.75) is 26.2 Å². The molecular weight excluding hydrogens is 278 g/mol. The zero-order chi connectivity index (χ0) is 16.3. The van der Waals surface area contributed by atoms with E-state index in [0.29, 0.717) is 26.2 Å². The van der Waals surface area contributed by atoms with Gasteiger partial charge >= 0.3 is 0 Å². The number of amides is 2. The first-order valence-electron chi connectivity index (χ1n) is 7.68. The molecule has 1 aliphatic heterocycles. The van der Waals surface area contributed by atoms with Crippen molar-refractivity contribution in [2.75, 3.05) is 32.7 Å². The van der Waals surface area contributed by atoms with E-state index in [0.717, 1.165) is 5.56 Å². The van der Waals surface area contributed by atoms with Gasteiger partial charge in [-0.1, -0.05) is 32.9 Å². The van der Waals surface area contributed by atoms with Gasteiger partial charge in [0.25, 0.3) is 5.91 Å². The van der Waals surface area contributed by atoms with Gasteiger partial charge in [-0.25, -0.2) is 0 Å². The molecule has 2 amide bonds. The monoisotopic (exact) mass is 303 g/mol. The maximum atomic E-state index is 12.5. The number of benzene rings is 1. The minimum absolute atomic E-state index is 0.0548. The average Bonchev–Trinajstić information content (AvgIpc) is 2.46. The van der Waals surface area contributed by atoms with Crippen molar-refractivity contribution < 1.29 is 9.59 Å². The van der Waals surface area contributed by atoms with Gasteiger partial charge in [0.15, 0.2) is 0 Å². The predicted octanol–water partition coefficient (Wildman–Crippen LogP) is 1.23. The fourth-order valence-electron chi connectivity index (χ4n) is 2.62. The Balaban J connectivity index is 1.97. The molecular formula is C17H25N3O2. The van der Waals surface area contributed by atoms with E-state index >= 15 is 0 Å². The Morgan fingerprint density at radius 3 is 2.05 bits per heavy atom. The number of carbonyl (C=O) groups is 2. The summed E-state index contributed by atoms with van der Waals surface area (Å²) < 4.78 is 0. The maximum absolute atomic E-state index is 12.5. The molecule has 5 nitrogen and oxygen atoms in total. The van der Waals surface area contributed by atoms with Crippen molar-refractivity contribution >= 4 is 11.8 Å². The first-order chi connectivity index (χ1) is 10.3. The van der Waals surface area contributed by atoms with Gasteiger partial charge in [-0.05, 0) is 23.1 Å². The van der Waals surface area contributed by atoms with E-state index in [1.807, 2.05) is 34.1 Å². The van der Waals surface area contributed by atoms with Crippen LogP contribution in [0.25, 0.3) is 0 Å². The van der Waals surface area contributed by atoms with Crippen LogP contribution in [0.5, 0.6) is 0 Å². The fourth-order valence-corrected chi connectivity index (χ4v) is 2.62. The molecule has 1 aromatic carbocycles. The number of nitrogens with zero attached hydrogens (tertiary/aromatic N) is 2. The molecule has 0 unspecified atom stereocenters. The summed E-state index contributed by atoms with van der Waals surface area (Å²) >= 11 is 0. The maximum Gasteiger partial charge on any atom is 0.253 e. The highest BCUT2D eigenvalue weighted by atomic mass is 16.2. The molecule has 0 bridgehead atoms. The molecule has 0 aliphatic carbocycles. The molecule has 1 saturated heterocycles. The van der Waals surface area contributed by atoms with Crippen molar-refractivity contribution in [3.05, 3.63) is 35.4 Å². The van der Waals surface area contributed by atoms with Crippen LogP contribution in [0, 0.1) is 0 Å². The number of hydrogen-bond acceptors (Lipinski definition) is 3. The zero-order valence-electron chi connectivity index (χ0n) is 13.6. The summed E-state index contributed by atoms with van der Waals surface area (Å²) in [5, 5.41) is 0. The SMILES string of the molecule is CC(C)(C)c1ccc(C(=O)N2CCN(CC(N)=O)CC2)cc1. The Morgan fingerprint density at radius 1 is 1.05 bits per heavy atom. The van der Waals surface area contributed by atoms with Gasteiger partial charge in [0.2, 0.25) is 5.91 Å². The fraction of sp³-hybridized carbons (Fsp3) is 0.529. The van der Waals surface area contributed by atoms with Crippen LogP contribution in [0.15, 0.2) is 24.3 Å².